The molecule has 0 bridgehead atoms. The number of hydrogen-bond donors (Lipinski definition) is 2. The Morgan fingerprint density at radius 3 is 2.02 bits per heavy atom. The van der Waals surface area contributed by atoms with E-state index in [0.717, 1.165) is 12.8 Å². The van der Waals surface area contributed by atoms with Crippen LogP contribution in [0.2, 0.25) is 0 Å². The molecule has 0 aromatic heterocycles. The Balaban J connectivity index is 1.91. The first-order valence-corrected chi connectivity index (χ1v) is 13.2. The Kier molecular flexibility index (Phi) is 9.40. The number of nitrogens with zero attached hydrogens (tertiary/aromatic N) is 1. The van der Waals surface area contributed by atoms with Gasteiger partial charge in [0.2, 0.25) is 5.91 Å². The van der Waals surface area contributed by atoms with Gasteiger partial charge in [0.15, 0.2) is 0 Å². The van der Waals surface area contributed by atoms with Crippen molar-refractivity contribution in [2.45, 2.75) is 96.0 Å². The lowest BCUT2D eigenvalue weighted by atomic mass is 9.82. The van der Waals surface area contributed by atoms with E-state index in [4.69, 9.17) is 9.47 Å². The normalized spacial score (nSPS) is 23.0. The molecule has 0 radical (unpaired) electrons. The van der Waals surface area contributed by atoms with Gasteiger partial charge in [0.05, 0.1) is 11.1 Å². The van der Waals surface area contributed by atoms with Crippen molar-refractivity contribution in [1.29, 1.82) is 0 Å². The molecule has 2 fully saturated rings. The van der Waals surface area contributed by atoms with Gasteiger partial charge in [-0.3, -0.25) is 9.69 Å². The Bertz CT molecular complexity index is 1030. The quantitative estimate of drug-likeness (QED) is 0.433. The molecule has 13 heteroatoms. The van der Waals surface area contributed by atoms with E-state index < -0.39 is 59.1 Å². The molecule has 3 rings (SSSR count). The van der Waals surface area contributed by atoms with Crippen LogP contribution in [0.25, 0.3) is 0 Å². The molecule has 2 unspecified atom stereocenters. The van der Waals surface area contributed by atoms with Crippen molar-refractivity contribution in [3.05, 3.63) is 34.9 Å². The molecule has 2 aliphatic heterocycles. The van der Waals surface area contributed by atoms with Crippen LogP contribution in [0, 0.1) is 5.92 Å². The maximum atomic E-state index is 13.8. The van der Waals surface area contributed by atoms with Crippen molar-refractivity contribution < 1.29 is 45.4 Å². The van der Waals surface area contributed by atoms with Crippen molar-refractivity contribution in [3.8, 4) is 0 Å². The number of rotatable bonds is 6. The number of nitrogens with one attached hydrogen (secondary N) is 2. The first-order valence-electron chi connectivity index (χ1n) is 13.2. The number of benzene rings is 1. The molecule has 2 amide bonds. The molecule has 0 spiro atoms. The third kappa shape index (κ3) is 7.59. The van der Waals surface area contributed by atoms with E-state index in [-0.39, 0.29) is 36.7 Å². The summed E-state index contributed by atoms with van der Waals surface area (Å²) in [5.41, 5.74) is -5.63. The summed E-state index contributed by atoms with van der Waals surface area (Å²) in [6.45, 7) is 9.21. The van der Waals surface area contributed by atoms with E-state index in [1.165, 1.54) is 4.90 Å². The number of alkyl halides is 6. The molecular formula is C27H37F6N3O4. The van der Waals surface area contributed by atoms with Crippen LogP contribution in [0.3, 0.4) is 0 Å². The van der Waals surface area contributed by atoms with Gasteiger partial charge in [-0.05, 0) is 69.7 Å². The van der Waals surface area contributed by atoms with Crippen molar-refractivity contribution >= 4 is 12.0 Å². The Morgan fingerprint density at radius 2 is 1.55 bits per heavy atom. The zero-order chi connectivity index (χ0) is 30.1. The minimum atomic E-state index is -5.01. The van der Waals surface area contributed by atoms with Crippen molar-refractivity contribution in [2.75, 3.05) is 19.8 Å². The molecule has 2 atom stereocenters. The van der Waals surface area contributed by atoms with Crippen molar-refractivity contribution in [3.63, 3.8) is 0 Å². The number of likely N-dealkylation sites (tertiary alicyclic amines) is 1. The maximum absolute atomic E-state index is 13.8. The molecule has 0 saturated carbocycles. The molecule has 0 aliphatic carbocycles. The minimum Gasteiger partial charge on any atom is -0.444 e. The number of ether oxygens (including phenoxy) is 2. The summed E-state index contributed by atoms with van der Waals surface area (Å²) in [6.07, 6.45) is -9.07. The van der Waals surface area contributed by atoms with Gasteiger partial charge in [-0.15, -0.1) is 0 Å². The minimum absolute atomic E-state index is 0.0364. The monoisotopic (exact) mass is 581 g/mol. The number of amides is 2. The number of hydrogen-bond acceptors (Lipinski definition) is 5. The van der Waals surface area contributed by atoms with Gasteiger partial charge < -0.3 is 20.1 Å². The van der Waals surface area contributed by atoms with E-state index in [9.17, 15) is 35.9 Å². The van der Waals surface area contributed by atoms with Gasteiger partial charge in [-0.1, -0.05) is 13.8 Å². The second kappa shape index (κ2) is 11.8. The molecule has 2 aliphatic rings. The molecule has 7 nitrogen and oxygen atoms in total. The third-order valence-corrected chi connectivity index (χ3v) is 7.20. The Labute approximate surface area is 229 Å². The first kappa shape index (κ1) is 32.0. The standard InChI is InChI=1S/C27H37F6N3O4/c1-16(2)25(22(37)34-14-17-10-18(26(28,29)30)12-19(11-17)27(31,32)33)13-21(35-20-6-8-39-9-7-20)15-36(25)23(38)40-24(3,4)5/h10-12,16,20-21,35H,6-9,13-15H2,1-5H3,(H,34,37). The fourth-order valence-electron chi connectivity index (χ4n) is 5.28. The lowest BCUT2D eigenvalue weighted by Crippen LogP contribution is -2.61. The zero-order valence-corrected chi connectivity index (χ0v) is 23.3. The summed E-state index contributed by atoms with van der Waals surface area (Å²) in [5.74, 6) is -1.15. The van der Waals surface area contributed by atoms with Crippen LogP contribution in [0.4, 0.5) is 31.1 Å². The highest BCUT2D eigenvalue weighted by atomic mass is 19.4. The highest BCUT2D eigenvalue weighted by Gasteiger charge is 2.56. The largest absolute Gasteiger partial charge is 0.444 e. The predicted molar refractivity (Wildman–Crippen MR) is 134 cm³/mol. The van der Waals surface area contributed by atoms with Crippen LogP contribution in [0.5, 0.6) is 0 Å². The fraction of sp³-hybridized carbons (Fsp3) is 0.704. The Morgan fingerprint density at radius 1 is 1.00 bits per heavy atom. The Hall–Kier alpha value is -2.54. The highest BCUT2D eigenvalue weighted by molar-refractivity contribution is 5.91. The van der Waals surface area contributed by atoms with Crippen molar-refractivity contribution in [2.24, 2.45) is 5.92 Å². The fourth-order valence-corrected chi connectivity index (χ4v) is 5.28. The van der Waals surface area contributed by atoms with Crippen LogP contribution in [-0.4, -0.2) is 59.9 Å². The topological polar surface area (TPSA) is 79.9 Å². The zero-order valence-electron chi connectivity index (χ0n) is 23.3. The molecule has 2 saturated heterocycles. The molecule has 1 aromatic carbocycles. The third-order valence-electron chi connectivity index (χ3n) is 7.20. The van der Waals surface area contributed by atoms with Crippen LogP contribution in [-0.2, 0) is 33.2 Å². The SMILES string of the molecule is CC(C)C1(C(=O)NCc2cc(C(F)(F)F)cc(C(F)(F)F)c2)CC(NC2CCOCC2)CN1C(=O)OC(C)(C)C. The first-order chi connectivity index (χ1) is 18.3. The molecule has 1 aromatic rings. The van der Waals surface area contributed by atoms with E-state index in [1.807, 2.05) is 0 Å². The van der Waals surface area contributed by atoms with E-state index >= 15 is 0 Å². The molecule has 226 valence electrons. The van der Waals surface area contributed by atoms with E-state index in [0.29, 0.717) is 25.3 Å². The van der Waals surface area contributed by atoms with Gasteiger partial charge in [-0.25, -0.2) is 4.79 Å². The maximum Gasteiger partial charge on any atom is 0.416 e. The molecule has 40 heavy (non-hydrogen) atoms. The number of carbonyl (C=O) groups excluding carboxylic acids is 2. The lowest BCUT2D eigenvalue weighted by molar-refractivity contribution is -0.143. The van der Waals surface area contributed by atoms with Gasteiger partial charge in [0, 0.05) is 38.4 Å². The average Bonchev–Trinajstić information content (AvgIpc) is 3.21. The molecule has 2 N–H and O–H groups in total. The smallest absolute Gasteiger partial charge is 0.416 e. The van der Waals surface area contributed by atoms with Gasteiger partial charge in [0.1, 0.15) is 11.1 Å². The number of halogens is 6. The van der Waals surface area contributed by atoms with Crippen molar-refractivity contribution in [1.82, 2.24) is 15.5 Å². The summed E-state index contributed by atoms with van der Waals surface area (Å²) in [4.78, 5) is 28.5. The van der Waals surface area contributed by atoms with Crippen LogP contribution < -0.4 is 10.6 Å². The van der Waals surface area contributed by atoms with Crippen LogP contribution in [0.15, 0.2) is 18.2 Å². The summed E-state index contributed by atoms with van der Waals surface area (Å²) < 4.78 is 91.0. The lowest BCUT2D eigenvalue weighted by Gasteiger charge is -2.40. The average molecular weight is 582 g/mol. The van der Waals surface area contributed by atoms with Gasteiger partial charge >= 0.3 is 18.4 Å². The second-order valence-corrected chi connectivity index (χ2v) is 11.7. The summed E-state index contributed by atoms with van der Waals surface area (Å²) in [6, 6.07) is 1.00. The summed E-state index contributed by atoms with van der Waals surface area (Å²) in [5, 5.41) is 6.01. The second-order valence-electron chi connectivity index (χ2n) is 11.7. The highest BCUT2D eigenvalue weighted by Crippen LogP contribution is 2.39. The van der Waals surface area contributed by atoms with E-state index in [2.05, 4.69) is 10.6 Å². The van der Waals surface area contributed by atoms with E-state index in [1.54, 1.807) is 34.6 Å². The van der Waals surface area contributed by atoms with Crippen LogP contribution in [0.1, 0.15) is 70.6 Å². The van der Waals surface area contributed by atoms with Crippen LogP contribution >= 0.6 is 0 Å². The van der Waals surface area contributed by atoms with Gasteiger partial charge in [0.25, 0.3) is 0 Å². The molecule has 2 heterocycles. The summed E-state index contributed by atoms with van der Waals surface area (Å²) in [7, 11) is 0. The van der Waals surface area contributed by atoms with Gasteiger partial charge in [-0.2, -0.15) is 26.3 Å². The predicted octanol–water partition coefficient (Wildman–Crippen LogP) is 5.51. The molecular weight excluding hydrogens is 544 g/mol. The number of carbonyl (C=O) groups is 2. The summed E-state index contributed by atoms with van der Waals surface area (Å²) >= 11 is 0.